The molecule has 1 aromatic heterocycles. The summed E-state index contributed by atoms with van der Waals surface area (Å²) in [4.78, 5) is 11.9. The first-order chi connectivity index (χ1) is 14.9. The SMILES string of the molecule is CCOC(=O)c1ccc(-n2nc(Oc3c(Cl)cc(N)cc3Cl)c3ccccc32)c(F)c1. The summed E-state index contributed by atoms with van der Waals surface area (Å²) in [5.41, 5.74) is 6.96. The maximum Gasteiger partial charge on any atom is 0.338 e. The van der Waals surface area contributed by atoms with E-state index in [1.165, 1.54) is 28.9 Å². The standard InChI is InChI=1S/C22H16Cl2FN3O3/c1-2-30-22(29)12-7-8-19(17(25)9-12)28-18-6-4-3-5-14(18)21(27-28)31-20-15(23)10-13(26)11-16(20)24/h3-11H,2,26H2,1H3. The van der Waals surface area contributed by atoms with Crippen LogP contribution in [0.2, 0.25) is 10.0 Å². The molecule has 0 aliphatic rings. The Labute approximate surface area is 186 Å². The number of rotatable bonds is 5. The van der Waals surface area contributed by atoms with Crippen molar-refractivity contribution in [1.29, 1.82) is 0 Å². The van der Waals surface area contributed by atoms with Crippen LogP contribution in [0.3, 0.4) is 0 Å². The highest BCUT2D eigenvalue weighted by Crippen LogP contribution is 2.40. The normalized spacial score (nSPS) is 11.0. The van der Waals surface area contributed by atoms with Gasteiger partial charge in [0, 0.05) is 5.69 Å². The molecule has 2 N–H and O–H groups in total. The third-order valence-corrected chi connectivity index (χ3v) is 5.02. The number of esters is 1. The summed E-state index contributed by atoms with van der Waals surface area (Å²) in [7, 11) is 0. The zero-order valence-corrected chi connectivity index (χ0v) is 17.7. The zero-order chi connectivity index (χ0) is 22.1. The number of nitrogens with zero attached hydrogens (tertiary/aromatic N) is 2. The number of nitrogen functional groups attached to an aromatic ring is 1. The van der Waals surface area contributed by atoms with Crippen LogP contribution in [0.4, 0.5) is 10.1 Å². The van der Waals surface area contributed by atoms with Crippen molar-refractivity contribution in [3.8, 4) is 17.3 Å². The molecule has 31 heavy (non-hydrogen) atoms. The zero-order valence-electron chi connectivity index (χ0n) is 16.2. The Morgan fingerprint density at radius 2 is 1.84 bits per heavy atom. The quantitative estimate of drug-likeness (QED) is 0.291. The highest BCUT2D eigenvalue weighted by Gasteiger charge is 2.19. The van der Waals surface area contributed by atoms with Crippen molar-refractivity contribution in [3.05, 3.63) is 76.0 Å². The Morgan fingerprint density at radius 1 is 1.13 bits per heavy atom. The van der Waals surface area contributed by atoms with Crippen molar-refractivity contribution >= 4 is 45.8 Å². The van der Waals surface area contributed by atoms with Crippen LogP contribution in [0, 0.1) is 5.82 Å². The number of benzene rings is 3. The smallest absolute Gasteiger partial charge is 0.338 e. The van der Waals surface area contributed by atoms with Gasteiger partial charge in [-0.05, 0) is 49.4 Å². The van der Waals surface area contributed by atoms with E-state index in [1.807, 2.05) is 0 Å². The molecule has 4 aromatic rings. The molecule has 1 heterocycles. The van der Waals surface area contributed by atoms with Gasteiger partial charge in [0.1, 0.15) is 11.5 Å². The Balaban J connectivity index is 1.80. The topological polar surface area (TPSA) is 79.4 Å². The second-order valence-corrected chi connectivity index (χ2v) is 7.35. The molecule has 0 aliphatic heterocycles. The summed E-state index contributed by atoms with van der Waals surface area (Å²) in [6.45, 7) is 1.88. The molecule has 0 radical (unpaired) electrons. The molecule has 0 fully saturated rings. The van der Waals surface area contributed by atoms with Crippen LogP contribution < -0.4 is 10.5 Å². The maximum atomic E-state index is 14.9. The lowest BCUT2D eigenvalue weighted by molar-refractivity contribution is 0.0526. The van der Waals surface area contributed by atoms with Gasteiger partial charge in [0.2, 0.25) is 5.88 Å². The lowest BCUT2D eigenvalue weighted by Crippen LogP contribution is -2.07. The van der Waals surface area contributed by atoms with E-state index in [0.717, 1.165) is 6.07 Å². The number of halogens is 3. The Kier molecular flexibility index (Phi) is 5.71. The molecule has 0 saturated carbocycles. The molecule has 3 aromatic carbocycles. The van der Waals surface area contributed by atoms with Crippen LogP contribution in [-0.4, -0.2) is 22.4 Å². The number of ether oxygens (including phenoxy) is 2. The van der Waals surface area contributed by atoms with E-state index in [1.54, 1.807) is 31.2 Å². The van der Waals surface area contributed by atoms with Crippen molar-refractivity contribution in [2.24, 2.45) is 0 Å². The van der Waals surface area contributed by atoms with Crippen LogP contribution in [-0.2, 0) is 4.74 Å². The first-order valence-electron chi connectivity index (χ1n) is 9.26. The number of aromatic nitrogens is 2. The van der Waals surface area contributed by atoms with E-state index in [-0.39, 0.29) is 39.5 Å². The average Bonchev–Trinajstić information content (AvgIpc) is 3.09. The minimum Gasteiger partial charge on any atom is -0.462 e. The molecular formula is C22H16Cl2FN3O3. The van der Waals surface area contributed by atoms with Gasteiger partial charge in [-0.2, -0.15) is 0 Å². The lowest BCUT2D eigenvalue weighted by atomic mass is 10.2. The van der Waals surface area contributed by atoms with E-state index in [2.05, 4.69) is 5.10 Å². The van der Waals surface area contributed by atoms with Crippen molar-refractivity contribution in [1.82, 2.24) is 9.78 Å². The van der Waals surface area contributed by atoms with Crippen molar-refractivity contribution in [2.45, 2.75) is 6.92 Å². The Morgan fingerprint density at radius 3 is 2.52 bits per heavy atom. The molecular weight excluding hydrogens is 444 g/mol. The highest BCUT2D eigenvalue weighted by atomic mass is 35.5. The molecule has 0 amide bonds. The summed E-state index contributed by atoms with van der Waals surface area (Å²) in [5, 5.41) is 5.46. The Hall–Kier alpha value is -3.29. The van der Waals surface area contributed by atoms with Crippen LogP contribution >= 0.6 is 23.2 Å². The minimum absolute atomic E-state index is 0.108. The second kappa shape index (κ2) is 8.45. The Bertz CT molecular complexity index is 1280. The molecule has 0 spiro atoms. The van der Waals surface area contributed by atoms with E-state index in [9.17, 15) is 9.18 Å². The molecule has 6 nitrogen and oxygen atoms in total. The fourth-order valence-corrected chi connectivity index (χ4v) is 3.67. The fourth-order valence-electron chi connectivity index (χ4n) is 3.09. The minimum atomic E-state index is -0.645. The summed E-state index contributed by atoms with van der Waals surface area (Å²) in [5.74, 6) is -0.882. The first-order valence-corrected chi connectivity index (χ1v) is 10.0. The van der Waals surface area contributed by atoms with Gasteiger partial charge in [0.15, 0.2) is 5.75 Å². The van der Waals surface area contributed by atoms with Crippen LogP contribution in [0.15, 0.2) is 54.6 Å². The van der Waals surface area contributed by atoms with Crippen LogP contribution in [0.5, 0.6) is 11.6 Å². The van der Waals surface area contributed by atoms with Crippen LogP contribution in [0.25, 0.3) is 16.6 Å². The van der Waals surface area contributed by atoms with Crippen molar-refractivity contribution in [3.63, 3.8) is 0 Å². The third-order valence-electron chi connectivity index (χ3n) is 4.46. The third kappa shape index (κ3) is 4.02. The van der Waals surface area contributed by atoms with Crippen LogP contribution in [0.1, 0.15) is 17.3 Å². The number of hydrogen-bond donors (Lipinski definition) is 1. The average molecular weight is 460 g/mol. The second-order valence-electron chi connectivity index (χ2n) is 6.54. The molecule has 4 rings (SSSR count). The van der Waals surface area contributed by atoms with E-state index in [4.69, 9.17) is 38.4 Å². The summed E-state index contributed by atoms with van der Waals surface area (Å²) in [6, 6.07) is 14.2. The number of anilines is 1. The number of fused-ring (bicyclic) bond motifs is 1. The largest absolute Gasteiger partial charge is 0.462 e. The van der Waals surface area contributed by atoms with Gasteiger partial charge >= 0.3 is 5.97 Å². The number of carbonyl (C=O) groups excluding carboxylic acids is 1. The predicted octanol–water partition coefficient (Wildman–Crippen LogP) is 6.02. The summed E-state index contributed by atoms with van der Waals surface area (Å²) >= 11 is 12.5. The van der Waals surface area contributed by atoms with E-state index >= 15 is 0 Å². The lowest BCUT2D eigenvalue weighted by Gasteiger charge is -2.09. The van der Waals surface area contributed by atoms with Gasteiger partial charge in [-0.25, -0.2) is 13.9 Å². The van der Waals surface area contributed by atoms with Crippen molar-refractivity contribution in [2.75, 3.05) is 12.3 Å². The van der Waals surface area contributed by atoms with Crippen molar-refractivity contribution < 1.29 is 18.7 Å². The number of carbonyl (C=O) groups is 1. The molecule has 0 aliphatic carbocycles. The molecule has 0 unspecified atom stereocenters. The summed E-state index contributed by atoms with van der Waals surface area (Å²) in [6.07, 6.45) is 0. The van der Waals surface area contributed by atoms with Gasteiger partial charge < -0.3 is 15.2 Å². The monoisotopic (exact) mass is 459 g/mol. The fraction of sp³-hybridized carbons (Fsp3) is 0.0909. The number of hydrogen-bond acceptors (Lipinski definition) is 5. The van der Waals surface area contributed by atoms with Gasteiger partial charge in [-0.15, -0.1) is 5.10 Å². The first kappa shape index (κ1) is 21.0. The molecule has 0 saturated heterocycles. The van der Waals surface area contributed by atoms with Gasteiger partial charge in [0.05, 0.1) is 33.1 Å². The highest BCUT2D eigenvalue weighted by molar-refractivity contribution is 6.37. The number of para-hydroxylation sites is 1. The van der Waals surface area contributed by atoms with Gasteiger partial charge in [0.25, 0.3) is 0 Å². The predicted molar refractivity (Wildman–Crippen MR) is 118 cm³/mol. The molecule has 0 atom stereocenters. The van der Waals surface area contributed by atoms with E-state index in [0.29, 0.717) is 16.6 Å². The van der Waals surface area contributed by atoms with E-state index < -0.39 is 11.8 Å². The van der Waals surface area contributed by atoms with Gasteiger partial charge in [-0.1, -0.05) is 35.3 Å². The summed E-state index contributed by atoms with van der Waals surface area (Å²) < 4.78 is 27.1. The maximum absolute atomic E-state index is 14.9. The molecule has 158 valence electrons. The van der Waals surface area contributed by atoms with Gasteiger partial charge in [-0.3, -0.25) is 0 Å². The number of nitrogens with two attached hydrogens (primary N) is 1. The molecule has 9 heteroatoms. The molecule has 0 bridgehead atoms.